The van der Waals surface area contributed by atoms with Crippen LogP contribution in [-0.4, -0.2) is 92.0 Å². The Kier molecular flexibility index (Phi) is 5.71. The van der Waals surface area contributed by atoms with Gasteiger partial charge >= 0.3 is 0 Å². The minimum Gasteiger partial charge on any atom is -0.318 e. The number of pyridine rings is 1. The number of anilines is 1. The molecule has 0 radical (unpaired) electrons. The van der Waals surface area contributed by atoms with Gasteiger partial charge in [-0.1, -0.05) is 17.4 Å². The van der Waals surface area contributed by atoms with Crippen LogP contribution in [0.5, 0.6) is 0 Å². The van der Waals surface area contributed by atoms with E-state index in [0.717, 1.165) is 48.1 Å². The van der Waals surface area contributed by atoms with Crippen molar-refractivity contribution in [1.29, 1.82) is 0 Å². The summed E-state index contributed by atoms with van der Waals surface area (Å²) in [5.41, 5.74) is 2.16. The van der Waals surface area contributed by atoms with Crippen LogP contribution in [-0.2, 0) is 11.8 Å². The van der Waals surface area contributed by atoms with E-state index in [2.05, 4.69) is 60.9 Å². The van der Waals surface area contributed by atoms with E-state index in [9.17, 15) is 4.79 Å². The highest BCUT2D eigenvalue weighted by atomic mass is 16.2. The monoisotopic (exact) mass is 400 g/mol. The molecule has 1 aliphatic heterocycles. The van der Waals surface area contributed by atoms with Crippen LogP contribution in [0.3, 0.4) is 0 Å². The van der Waals surface area contributed by atoms with E-state index < -0.39 is 0 Å². The van der Waals surface area contributed by atoms with Gasteiger partial charge in [0.25, 0.3) is 0 Å². The van der Waals surface area contributed by atoms with Crippen molar-refractivity contribution < 1.29 is 4.79 Å². The second-order valence-electron chi connectivity index (χ2n) is 9.02. The molecule has 0 bridgehead atoms. The van der Waals surface area contributed by atoms with Crippen molar-refractivity contribution in [2.24, 2.45) is 7.05 Å². The van der Waals surface area contributed by atoms with Crippen LogP contribution in [0, 0.1) is 0 Å². The topological polar surface area (TPSA) is 66.3 Å². The summed E-state index contributed by atoms with van der Waals surface area (Å²) in [4.78, 5) is 21.7. The van der Waals surface area contributed by atoms with Gasteiger partial charge in [-0.3, -0.25) is 14.4 Å². The first-order valence-corrected chi connectivity index (χ1v) is 10.4. The molecule has 4 rings (SSSR count). The normalized spacial score (nSPS) is 16.0. The number of piperazine rings is 1. The first-order valence-electron chi connectivity index (χ1n) is 10.4. The van der Waals surface area contributed by atoms with Crippen molar-refractivity contribution in [2.45, 2.75) is 5.24 Å². The SMILES string of the molecule is BC(B)(B)N1CCN(CC(=O)Nc2cc3cc(-c4cnn(C)c4)ccc3cn2)CC1. The van der Waals surface area contributed by atoms with Gasteiger partial charge in [0.1, 0.15) is 29.4 Å². The predicted octanol–water partition coefficient (Wildman–Crippen LogP) is -1.30. The molecular formula is C20H27B3N6O. The third-order valence-electron chi connectivity index (χ3n) is 5.72. The molecule has 0 unspecified atom stereocenters. The summed E-state index contributed by atoms with van der Waals surface area (Å²) in [7, 11) is 8.62. The van der Waals surface area contributed by atoms with Crippen LogP contribution in [0.2, 0.25) is 0 Å². The average Bonchev–Trinajstić information content (AvgIpc) is 3.13. The molecule has 0 atom stereocenters. The fourth-order valence-corrected chi connectivity index (χ4v) is 3.92. The zero-order valence-electron chi connectivity index (χ0n) is 18.2. The first-order chi connectivity index (χ1) is 14.3. The Hall–Kier alpha value is -2.58. The Balaban J connectivity index is 1.40. The van der Waals surface area contributed by atoms with Crippen molar-refractivity contribution in [3.63, 3.8) is 0 Å². The molecule has 1 aromatic carbocycles. The molecule has 1 N–H and O–H groups in total. The molecule has 30 heavy (non-hydrogen) atoms. The average molecular weight is 400 g/mol. The molecule has 2 aromatic heterocycles. The second-order valence-corrected chi connectivity index (χ2v) is 9.02. The minimum atomic E-state index is -0.0190. The van der Waals surface area contributed by atoms with Crippen LogP contribution in [0.1, 0.15) is 0 Å². The molecule has 0 saturated carbocycles. The molecule has 1 fully saturated rings. The van der Waals surface area contributed by atoms with Crippen molar-refractivity contribution in [2.75, 3.05) is 38.0 Å². The van der Waals surface area contributed by atoms with Crippen molar-refractivity contribution in [3.05, 3.63) is 42.9 Å². The number of nitrogens with one attached hydrogen (secondary N) is 1. The maximum atomic E-state index is 12.6. The lowest BCUT2D eigenvalue weighted by Gasteiger charge is -2.42. The summed E-state index contributed by atoms with van der Waals surface area (Å²) in [6.07, 6.45) is 5.65. The Morgan fingerprint density at radius 3 is 2.50 bits per heavy atom. The highest BCUT2D eigenvalue weighted by molar-refractivity contribution is 6.59. The van der Waals surface area contributed by atoms with Crippen LogP contribution in [0.15, 0.2) is 42.9 Å². The van der Waals surface area contributed by atoms with E-state index in [1.807, 2.05) is 31.6 Å². The molecule has 10 heteroatoms. The zero-order valence-corrected chi connectivity index (χ0v) is 18.2. The van der Waals surface area contributed by atoms with Crippen molar-refractivity contribution in [3.8, 4) is 11.1 Å². The Morgan fingerprint density at radius 1 is 1.07 bits per heavy atom. The number of amides is 1. The number of hydrogen-bond donors (Lipinski definition) is 1. The Labute approximate surface area is 180 Å². The highest BCUT2D eigenvalue weighted by Crippen LogP contribution is 2.25. The number of benzene rings is 1. The molecule has 152 valence electrons. The lowest BCUT2D eigenvalue weighted by Crippen LogP contribution is -2.59. The van der Waals surface area contributed by atoms with Gasteiger partial charge in [-0.05, 0) is 23.1 Å². The number of fused-ring (bicyclic) bond motifs is 1. The number of aryl methyl sites for hydroxylation is 1. The molecule has 1 amide bonds. The fraction of sp³-hybridized carbons (Fsp3) is 0.350. The number of rotatable bonds is 5. The molecule has 7 nitrogen and oxygen atoms in total. The van der Waals surface area contributed by atoms with Gasteiger partial charge in [-0.15, -0.1) is 0 Å². The van der Waals surface area contributed by atoms with Crippen LogP contribution >= 0.6 is 0 Å². The number of carbonyl (C=O) groups is 1. The van der Waals surface area contributed by atoms with Gasteiger partial charge in [0, 0.05) is 56.6 Å². The summed E-state index contributed by atoms with van der Waals surface area (Å²) in [5.74, 6) is 0.568. The Morgan fingerprint density at radius 2 is 1.83 bits per heavy atom. The summed E-state index contributed by atoms with van der Waals surface area (Å²) >= 11 is 0. The van der Waals surface area contributed by atoms with Crippen LogP contribution in [0.25, 0.3) is 21.9 Å². The first kappa shape index (κ1) is 20.7. The molecule has 0 spiro atoms. The second kappa shape index (κ2) is 8.28. The number of carbonyl (C=O) groups excluding carboxylic acids is 1. The van der Waals surface area contributed by atoms with Crippen molar-refractivity contribution >= 4 is 46.0 Å². The fourth-order valence-electron chi connectivity index (χ4n) is 3.92. The molecule has 3 heterocycles. The van der Waals surface area contributed by atoms with Gasteiger partial charge in [0.05, 0.1) is 12.7 Å². The molecule has 0 aliphatic carbocycles. The van der Waals surface area contributed by atoms with Gasteiger partial charge < -0.3 is 10.2 Å². The third-order valence-corrected chi connectivity index (χ3v) is 5.72. The maximum absolute atomic E-state index is 12.6. The maximum Gasteiger partial charge on any atom is 0.239 e. The van der Waals surface area contributed by atoms with Crippen LogP contribution < -0.4 is 5.32 Å². The van der Waals surface area contributed by atoms with E-state index in [0.29, 0.717) is 12.4 Å². The predicted molar refractivity (Wildman–Crippen MR) is 129 cm³/mol. The van der Waals surface area contributed by atoms with Gasteiger partial charge in [0.2, 0.25) is 5.91 Å². The quantitative estimate of drug-likeness (QED) is 0.540. The lowest BCUT2D eigenvalue weighted by atomic mass is 9.48. The van der Waals surface area contributed by atoms with Crippen LogP contribution in [0.4, 0.5) is 5.82 Å². The van der Waals surface area contributed by atoms with Gasteiger partial charge in [-0.25, -0.2) is 4.98 Å². The largest absolute Gasteiger partial charge is 0.318 e. The smallest absolute Gasteiger partial charge is 0.239 e. The van der Waals surface area contributed by atoms with E-state index in [1.54, 1.807) is 10.9 Å². The molecule has 1 aliphatic rings. The van der Waals surface area contributed by atoms with Gasteiger partial charge in [0.15, 0.2) is 0 Å². The third kappa shape index (κ3) is 4.76. The lowest BCUT2D eigenvalue weighted by molar-refractivity contribution is -0.117. The van der Waals surface area contributed by atoms with E-state index in [1.165, 1.54) is 0 Å². The van der Waals surface area contributed by atoms with Gasteiger partial charge in [-0.2, -0.15) is 5.10 Å². The molecule has 1 saturated heterocycles. The number of aromatic nitrogens is 3. The van der Waals surface area contributed by atoms with E-state index in [4.69, 9.17) is 0 Å². The number of nitrogens with zero attached hydrogens (tertiary/aromatic N) is 5. The van der Waals surface area contributed by atoms with Crippen molar-refractivity contribution in [1.82, 2.24) is 24.6 Å². The summed E-state index contributed by atoms with van der Waals surface area (Å²) in [5, 5.41) is 9.47. The van der Waals surface area contributed by atoms with E-state index >= 15 is 0 Å². The van der Waals surface area contributed by atoms with E-state index in [-0.39, 0.29) is 11.1 Å². The Bertz CT molecular complexity index is 1060. The number of hydrogen-bond acceptors (Lipinski definition) is 5. The summed E-state index contributed by atoms with van der Waals surface area (Å²) in [6.45, 7) is 4.19. The highest BCUT2D eigenvalue weighted by Gasteiger charge is 2.26. The summed E-state index contributed by atoms with van der Waals surface area (Å²) in [6, 6.07) is 8.15. The molecular weight excluding hydrogens is 373 g/mol. The zero-order chi connectivity index (χ0) is 21.3. The minimum absolute atomic E-state index is 0.0190. The summed E-state index contributed by atoms with van der Waals surface area (Å²) < 4.78 is 1.79. The molecule has 3 aromatic rings. The standard InChI is InChI=1S/C20H27B3N6O/c1-27-12-17(11-25-27)14-2-3-15-10-24-18(9-16(15)8-14)26-19(30)13-28-4-6-29(7-5-28)20(21,22)23/h2-3,8-12H,4-7,13,21-23H2,1H3,(H,24,26,30).